The van der Waals surface area contributed by atoms with E-state index in [4.69, 9.17) is 0 Å². The van der Waals surface area contributed by atoms with Crippen molar-refractivity contribution in [2.24, 2.45) is 17.3 Å². The molecular formula is C16H24O. The minimum atomic E-state index is 0.225. The Morgan fingerprint density at radius 3 is 2.29 bits per heavy atom. The Morgan fingerprint density at radius 1 is 0.941 bits per heavy atom. The van der Waals surface area contributed by atoms with E-state index in [9.17, 15) is 4.79 Å². The molecule has 0 saturated heterocycles. The number of Topliss-reactive ketones (excluding diaryl/α,β-unsaturated/α-hetero) is 1. The molecule has 2 atom stereocenters. The number of hydrogen-bond donors (Lipinski definition) is 0. The highest BCUT2D eigenvalue weighted by Gasteiger charge is 2.47. The lowest BCUT2D eigenvalue weighted by atomic mass is 9.55. The minimum absolute atomic E-state index is 0.225. The Labute approximate surface area is 105 Å². The normalized spacial score (nSPS) is 36.5. The van der Waals surface area contributed by atoms with E-state index < -0.39 is 0 Å². The summed E-state index contributed by atoms with van der Waals surface area (Å²) in [7, 11) is 0. The van der Waals surface area contributed by atoms with Gasteiger partial charge in [-0.2, -0.15) is 0 Å². The lowest BCUT2D eigenvalue weighted by Gasteiger charge is -2.49. The average Bonchev–Trinajstić information content (AvgIpc) is 2.18. The minimum Gasteiger partial charge on any atom is -0.295 e. The third kappa shape index (κ3) is 1.88. The van der Waals surface area contributed by atoms with E-state index in [0.717, 1.165) is 12.3 Å². The van der Waals surface area contributed by atoms with Crippen LogP contribution >= 0.6 is 0 Å². The summed E-state index contributed by atoms with van der Waals surface area (Å²) >= 11 is 0. The van der Waals surface area contributed by atoms with Crippen LogP contribution in [0, 0.1) is 17.3 Å². The number of carbonyl (C=O) groups is 1. The van der Waals surface area contributed by atoms with Crippen molar-refractivity contribution >= 4 is 5.78 Å². The molecule has 0 N–H and O–H groups in total. The van der Waals surface area contributed by atoms with Gasteiger partial charge in [0.05, 0.1) is 0 Å². The standard InChI is InChI=1S/C16H24O/c1-16(2)9-13-11-7-5-3-4-6-8-12(11)15(13)14(17)10-16/h11-12H,3-10H2,1-2H3. The number of hydrogen-bond acceptors (Lipinski definition) is 1. The van der Waals surface area contributed by atoms with Gasteiger partial charge in [0.2, 0.25) is 0 Å². The molecule has 0 radical (unpaired) electrons. The molecule has 0 aromatic rings. The number of ketones is 1. The van der Waals surface area contributed by atoms with E-state index >= 15 is 0 Å². The van der Waals surface area contributed by atoms with Gasteiger partial charge in [0.1, 0.15) is 0 Å². The highest BCUT2D eigenvalue weighted by molar-refractivity contribution is 6.00. The molecule has 17 heavy (non-hydrogen) atoms. The van der Waals surface area contributed by atoms with Crippen LogP contribution < -0.4 is 0 Å². The molecule has 3 rings (SSSR count). The second-order valence-electron chi connectivity index (χ2n) is 7.08. The lowest BCUT2D eigenvalue weighted by Crippen LogP contribution is -2.42. The maximum Gasteiger partial charge on any atom is 0.159 e. The van der Waals surface area contributed by atoms with Crippen molar-refractivity contribution in [2.75, 3.05) is 0 Å². The molecule has 1 saturated carbocycles. The predicted molar refractivity (Wildman–Crippen MR) is 69.7 cm³/mol. The molecule has 1 fully saturated rings. The third-order valence-electron chi connectivity index (χ3n) is 5.04. The first-order valence-electron chi connectivity index (χ1n) is 7.35. The maximum atomic E-state index is 12.3. The molecule has 2 unspecified atom stereocenters. The van der Waals surface area contributed by atoms with Crippen molar-refractivity contribution in [2.45, 2.75) is 65.2 Å². The van der Waals surface area contributed by atoms with Crippen LogP contribution in [0.5, 0.6) is 0 Å². The van der Waals surface area contributed by atoms with Gasteiger partial charge in [0.15, 0.2) is 5.78 Å². The highest BCUT2D eigenvalue weighted by Crippen LogP contribution is 2.55. The maximum absolute atomic E-state index is 12.3. The first kappa shape index (κ1) is 11.5. The largest absolute Gasteiger partial charge is 0.295 e. The quantitative estimate of drug-likeness (QED) is 0.609. The fraction of sp³-hybridized carbons (Fsp3) is 0.812. The summed E-state index contributed by atoms with van der Waals surface area (Å²) < 4.78 is 0. The van der Waals surface area contributed by atoms with Crippen LogP contribution in [0.3, 0.4) is 0 Å². The topological polar surface area (TPSA) is 17.1 Å². The molecule has 0 aliphatic heterocycles. The van der Waals surface area contributed by atoms with Crippen LogP contribution in [0.25, 0.3) is 0 Å². The average molecular weight is 232 g/mol. The molecule has 0 aromatic carbocycles. The number of carbonyl (C=O) groups excluding carboxylic acids is 1. The summed E-state index contributed by atoms with van der Waals surface area (Å²) in [5, 5.41) is 0. The van der Waals surface area contributed by atoms with Gasteiger partial charge in [-0.1, -0.05) is 45.1 Å². The number of rotatable bonds is 0. The zero-order chi connectivity index (χ0) is 12.0. The second-order valence-corrected chi connectivity index (χ2v) is 7.08. The van der Waals surface area contributed by atoms with Gasteiger partial charge >= 0.3 is 0 Å². The van der Waals surface area contributed by atoms with Gasteiger partial charge in [0.25, 0.3) is 0 Å². The van der Waals surface area contributed by atoms with Gasteiger partial charge in [-0.15, -0.1) is 0 Å². The molecule has 1 heteroatoms. The second kappa shape index (κ2) is 3.96. The lowest BCUT2D eigenvalue weighted by molar-refractivity contribution is -0.120. The molecule has 3 aliphatic carbocycles. The molecule has 94 valence electrons. The van der Waals surface area contributed by atoms with Crippen molar-refractivity contribution in [3.05, 3.63) is 11.1 Å². The first-order chi connectivity index (χ1) is 8.08. The fourth-order valence-corrected chi connectivity index (χ4v) is 4.31. The smallest absolute Gasteiger partial charge is 0.159 e. The number of allylic oxidation sites excluding steroid dienone is 2. The SMILES string of the molecule is CC1(C)CC(=O)C2=C(C1)C1CCCCCCC21. The van der Waals surface area contributed by atoms with Crippen molar-refractivity contribution < 1.29 is 4.79 Å². The van der Waals surface area contributed by atoms with Crippen LogP contribution in [-0.4, -0.2) is 5.78 Å². The van der Waals surface area contributed by atoms with Gasteiger partial charge in [-0.25, -0.2) is 0 Å². The fourth-order valence-electron chi connectivity index (χ4n) is 4.31. The summed E-state index contributed by atoms with van der Waals surface area (Å²) in [6.07, 6.45) is 10.1. The Balaban J connectivity index is 1.88. The van der Waals surface area contributed by atoms with Gasteiger partial charge in [-0.3, -0.25) is 4.79 Å². The number of fused-ring (bicyclic) bond motifs is 3. The monoisotopic (exact) mass is 232 g/mol. The van der Waals surface area contributed by atoms with Crippen molar-refractivity contribution in [1.82, 2.24) is 0 Å². The summed E-state index contributed by atoms with van der Waals surface area (Å²) in [4.78, 5) is 12.3. The van der Waals surface area contributed by atoms with Gasteiger partial charge in [-0.05, 0) is 42.1 Å². The summed E-state index contributed by atoms with van der Waals surface area (Å²) in [6, 6.07) is 0. The van der Waals surface area contributed by atoms with Crippen LogP contribution in [0.1, 0.15) is 65.2 Å². The van der Waals surface area contributed by atoms with Crippen molar-refractivity contribution in [3.63, 3.8) is 0 Å². The summed E-state index contributed by atoms with van der Waals surface area (Å²) in [5.74, 6) is 1.93. The molecule has 0 bridgehead atoms. The predicted octanol–water partition coefficient (Wildman–Crippen LogP) is 4.27. The molecule has 1 nitrogen and oxygen atoms in total. The third-order valence-corrected chi connectivity index (χ3v) is 5.04. The Bertz CT molecular complexity index is 375. The molecule has 0 aromatic heterocycles. The van der Waals surface area contributed by atoms with Gasteiger partial charge < -0.3 is 0 Å². The van der Waals surface area contributed by atoms with Crippen molar-refractivity contribution in [3.8, 4) is 0 Å². The molecule has 0 amide bonds. The Morgan fingerprint density at radius 2 is 1.59 bits per heavy atom. The molecule has 3 aliphatic rings. The Hall–Kier alpha value is -0.590. The van der Waals surface area contributed by atoms with E-state index in [0.29, 0.717) is 11.7 Å². The first-order valence-corrected chi connectivity index (χ1v) is 7.35. The summed E-state index contributed by atoms with van der Waals surface area (Å²) in [5.41, 5.74) is 3.08. The van der Waals surface area contributed by atoms with E-state index in [2.05, 4.69) is 13.8 Å². The van der Waals surface area contributed by atoms with Crippen LogP contribution in [0.4, 0.5) is 0 Å². The van der Waals surface area contributed by atoms with E-state index in [-0.39, 0.29) is 5.41 Å². The zero-order valence-electron chi connectivity index (χ0n) is 11.2. The van der Waals surface area contributed by atoms with Crippen molar-refractivity contribution in [1.29, 1.82) is 0 Å². The molecule has 0 heterocycles. The van der Waals surface area contributed by atoms with E-state index in [1.807, 2.05) is 0 Å². The summed E-state index contributed by atoms with van der Waals surface area (Å²) in [6.45, 7) is 4.51. The van der Waals surface area contributed by atoms with E-state index in [1.165, 1.54) is 50.5 Å². The van der Waals surface area contributed by atoms with Crippen LogP contribution in [0.15, 0.2) is 11.1 Å². The van der Waals surface area contributed by atoms with E-state index in [1.54, 1.807) is 5.57 Å². The van der Waals surface area contributed by atoms with Gasteiger partial charge in [0, 0.05) is 6.42 Å². The van der Waals surface area contributed by atoms with Crippen LogP contribution in [-0.2, 0) is 4.79 Å². The highest BCUT2D eigenvalue weighted by atomic mass is 16.1. The zero-order valence-corrected chi connectivity index (χ0v) is 11.2. The Kier molecular flexibility index (Phi) is 2.68. The molecule has 0 spiro atoms. The van der Waals surface area contributed by atoms with Crippen LogP contribution in [0.2, 0.25) is 0 Å². The molecular weight excluding hydrogens is 208 g/mol.